The van der Waals surface area contributed by atoms with E-state index in [9.17, 15) is 21.6 Å². The molecule has 7 heteroatoms. The lowest BCUT2D eigenvalue weighted by Gasteiger charge is -2.18. The Kier molecular flexibility index (Phi) is 7.08. The van der Waals surface area contributed by atoms with Gasteiger partial charge in [0, 0.05) is 18.7 Å². The molecule has 104 valence electrons. The Morgan fingerprint density at radius 1 is 1.24 bits per heavy atom. The van der Waals surface area contributed by atoms with Crippen LogP contribution in [0.5, 0.6) is 0 Å². The molecule has 17 heavy (non-hydrogen) atoms. The standard InChI is InChI=1S/C10H20F3NO2S/c1-3-7-14-9(4-6-10(11,12)13)5-8-17(2,15)16/h9,14H,3-8H2,1-2H3. The van der Waals surface area contributed by atoms with E-state index in [1.165, 1.54) is 0 Å². The van der Waals surface area contributed by atoms with E-state index < -0.39 is 22.4 Å². The summed E-state index contributed by atoms with van der Waals surface area (Å²) in [7, 11) is -3.12. The number of sulfone groups is 1. The summed E-state index contributed by atoms with van der Waals surface area (Å²) in [6, 6.07) is -0.383. The number of halogens is 3. The van der Waals surface area contributed by atoms with E-state index >= 15 is 0 Å². The first kappa shape index (κ1) is 16.7. The van der Waals surface area contributed by atoms with Crippen LogP contribution in [-0.4, -0.2) is 39.2 Å². The summed E-state index contributed by atoms with van der Waals surface area (Å²) in [5.41, 5.74) is 0. The fraction of sp³-hybridized carbons (Fsp3) is 1.00. The van der Waals surface area contributed by atoms with Gasteiger partial charge in [0.25, 0.3) is 0 Å². The van der Waals surface area contributed by atoms with Crippen molar-refractivity contribution >= 4 is 9.84 Å². The molecule has 0 spiro atoms. The molecule has 0 aliphatic rings. The maximum absolute atomic E-state index is 12.1. The molecular formula is C10H20F3NO2S. The zero-order valence-electron chi connectivity index (χ0n) is 10.2. The van der Waals surface area contributed by atoms with Crippen molar-refractivity contribution in [3.8, 4) is 0 Å². The van der Waals surface area contributed by atoms with Crippen LogP contribution < -0.4 is 5.32 Å². The molecule has 1 N–H and O–H groups in total. The molecule has 0 aromatic carbocycles. The summed E-state index contributed by atoms with van der Waals surface area (Å²) >= 11 is 0. The average molecular weight is 275 g/mol. The van der Waals surface area contributed by atoms with Crippen LogP contribution in [0.1, 0.15) is 32.6 Å². The number of alkyl halides is 3. The van der Waals surface area contributed by atoms with Crippen LogP contribution in [0.2, 0.25) is 0 Å². The van der Waals surface area contributed by atoms with Crippen molar-refractivity contribution in [1.82, 2.24) is 5.32 Å². The summed E-state index contributed by atoms with van der Waals surface area (Å²) < 4.78 is 58.1. The molecule has 0 saturated carbocycles. The number of hydrogen-bond acceptors (Lipinski definition) is 3. The summed E-state index contributed by atoms with van der Waals surface area (Å²) in [5.74, 6) is -0.0771. The number of nitrogens with one attached hydrogen (secondary N) is 1. The van der Waals surface area contributed by atoms with Gasteiger partial charge in [-0.1, -0.05) is 6.92 Å². The molecule has 0 aromatic heterocycles. The third-order valence-corrected chi connectivity index (χ3v) is 3.27. The van der Waals surface area contributed by atoms with Gasteiger partial charge >= 0.3 is 6.18 Å². The van der Waals surface area contributed by atoms with Crippen molar-refractivity contribution in [2.45, 2.75) is 44.8 Å². The molecule has 0 amide bonds. The third-order valence-electron chi connectivity index (χ3n) is 2.30. The van der Waals surface area contributed by atoms with Gasteiger partial charge in [-0.25, -0.2) is 8.42 Å². The highest BCUT2D eigenvalue weighted by atomic mass is 32.2. The van der Waals surface area contributed by atoms with Crippen LogP contribution in [0.3, 0.4) is 0 Å². The summed E-state index contributed by atoms with van der Waals surface area (Å²) in [4.78, 5) is 0. The van der Waals surface area contributed by atoms with Crippen molar-refractivity contribution in [2.75, 3.05) is 18.6 Å². The van der Waals surface area contributed by atoms with Crippen molar-refractivity contribution in [3.05, 3.63) is 0 Å². The predicted octanol–water partition coefficient (Wildman–Crippen LogP) is 2.13. The summed E-state index contributed by atoms with van der Waals surface area (Å²) in [6.45, 7) is 2.51. The summed E-state index contributed by atoms with van der Waals surface area (Å²) in [6.07, 6.45) is -3.00. The zero-order valence-corrected chi connectivity index (χ0v) is 11.0. The lowest BCUT2D eigenvalue weighted by molar-refractivity contribution is -0.136. The van der Waals surface area contributed by atoms with Gasteiger partial charge in [-0.05, 0) is 25.8 Å². The van der Waals surface area contributed by atoms with E-state index in [1.54, 1.807) is 0 Å². The van der Waals surface area contributed by atoms with Gasteiger partial charge in [-0.2, -0.15) is 13.2 Å². The SMILES string of the molecule is CCCNC(CCC(F)(F)F)CCS(C)(=O)=O. The van der Waals surface area contributed by atoms with Crippen LogP contribution in [0.4, 0.5) is 13.2 Å². The van der Waals surface area contributed by atoms with Gasteiger partial charge in [-0.15, -0.1) is 0 Å². The van der Waals surface area contributed by atoms with E-state index in [0.29, 0.717) is 6.54 Å². The fourth-order valence-electron chi connectivity index (χ4n) is 1.39. The largest absolute Gasteiger partial charge is 0.389 e. The molecule has 1 unspecified atom stereocenters. The van der Waals surface area contributed by atoms with Gasteiger partial charge in [0.05, 0.1) is 5.75 Å². The topological polar surface area (TPSA) is 46.2 Å². The molecule has 0 aliphatic carbocycles. The van der Waals surface area contributed by atoms with E-state index in [0.717, 1.165) is 12.7 Å². The van der Waals surface area contributed by atoms with E-state index in [2.05, 4.69) is 5.32 Å². The Morgan fingerprint density at radius 3 is 2.24 bits per heavy atom. The van der Waals surface area contributed by atoms with Crippen molar-refractivity contribution in [3.63, 3.8) is 0 Å². The molecular weight excluding hydrogens is 255 g/mol. The molecule has 0 bridgehead atoms. The lowest BCUT2D eigenvalue weighted by Crippen LogP contribution is -2.33. The molecule has 0 heterocycles. The number of hydrogen-bond donors (Lipinski definition) is 1. The Morgan fingerprint density at radius 2 is 1.82 bits per heavy atom. The molecule has 0 radical (unpaired) electrons. The monoisotopic (exact) mass is 275 g/mol. The highest BCUT2D eigenvalue weighted by Crippen LogP contribution is 2.23. The van der Waals surface area contributed by atoms with E-state index in [-0.39, 0.29) is 24.6 Å². The molecule has 0 saturated heterocycles. The van der Waals surface area contributed by atoms with Gasteiger partial charge in [0.15, 0.2) is 0 Å². The zero-order chi connectivity index (χ0) is 13.5. The Bertz CT molecular complexity index is 301. The second kappa shape index (κ2) is 7.20. The smallest absolute Gasteiger partial charge is 0.314 e. The van der Waals surface area contributed by atoms with Crippen LogP contribution in [0, 0.1) is 0 Å². The minimum atomic E-state index is -4.18. The van der Waals surface area contributed by atoms with Crippen LogP contribution >= 0.6 is 0 Å². The van der Waals surface area contributed by atoms with E-state index in [4.69, 9.17) is 0 Å². The van der Waals surface area contributed by atoms with Gasteiger partial charge in [0.1, 0.15) is 9.84 Å². The quantitative estimate of drug-likeness (QED) is 0.738. The third kappa shape index (κ3) is 12.0. The van der Waals surface area contributed by atoms with Gasteiger partial charge in [0.2, 0.25) is 0 Å². The second-order valence-corrected chi connectivity index (χ2v) is 6.48. The van der Waals surface area contributed by atoms with Crippen LogP contribution in [-0.2, 0) is 9.84 Å². The van der Waals surface area contributed by atoms with Crippen molar-refractivity contribution in [2.24, 2.45) is 0 Å². The molecule has 0 aliphatic heterocycles. The minimum Gasteiger partial charge on any atom is -0.314 e. The molecule has 1 atom stereocenters. The maximum Gasteiger partial charge on any atom is 0.389 e. The first-order valence-corrected chi connectivity index (χ1v) is 7.68. The minimum absolute atomic E-state index is 0.0704. The van der Waals surface area contributed by atoms with Crippen molar-refractivity contribution in [1.29, 1.82) is 0 Å². The second-order valence-electron chi connectivity index (χ2n) is 4.22. The first-order chi connectivity index (χ1) is 7.64. The van der Waals surface area contributed by atoms with E-state index in [1.807, 2.05) is 6.92 Å². The highest BCUT2D eigenvalue weighted by Gasteiger charge is 2.28. The molecule has 0 aromatic rings. The fourth-order valence-corrected chi connectivity index (χ4v) is 2.10. The van der Waals surface area contributed by atoms with Gasteiger partial charge in [-0.3, -0.25) is 0 Å². The highest BCUT2D eigenvalue weighted by molar-refractivity contribution is 7.90. The lowest BCUT2D eigenvalue weighted by atomic mass is 10.1. The molecule has 0 rings (SSSR count). The van der Waals surface area contributed by atoms with Crippen LogP contribution in [0.25, 0.3) is 0 Å². The maximum atomic E-state index is 12.1. The molecule has 3 nitrogen and oxygen atoms in total. The molecule has 0 fully saturated rings. The Hall–Kier alpha value is -0.300. The Labute approximate surface area is 101 Å². The average Bonchev–Trinajstić information content (AvgIpc) is 2.13. The van der Waals surface area contributed by atoms with Crippen molar-refractivity contribution < 1.29 is 21.6 Å². The Balaban J connectivity index is 4.14. The normalized spacial score (nSPS) is 14.9. The first-order valence-electron chi connectivity index (χ1n) is 5.62. The predicted molar refractivity (Wildman–Crippen MR) is 61.7 cm³/mol. The summed E-state index contributed by atoms with van der Waals surface area (Å²) in [5, 5.41) is 2.95. The van der Waals surface area contributed by atoms with Crippen LogP contribution in [0.15, 0.2) is 0 Å². The van der Waals surface area contributed by atoms with Gasteiger partial charge < -0.3 is 5.32 Å². The number of rotatable bonds is 8.